The molecule has 10 aromatic rings. The van der Waals surface area contributed by atoms with Crippen molar-refractivity contribution in [3.05, 3.63) is 138 Å². The molecule has 0 unspecified atom stereocenters. The summed E-state index contributed by atoms with van der Waals surface area (Å²) >= 11 is 0. The number of nitrogens with zero attached hydrogens (tertiary/aromatic N) is 2. The van der Waals surface area contributed by atoms with Gasteiger partial charge in [-0.15, -0.1) is 32.8 Å². The molecule has 0 amide bonds. The minimum Gasteiger partial charge on any atom is -0.312 e. The zero-order chi connectivity index (χ0) is 46.8. The van der Waals surface area contributed by atoms with Gasteiger partial charge in [-0.05, 0) is 50.5 Å². The summed E-state index contributed by atoms with van der Waals surface area (Å²) in [5.74, 6) is 0. The van der Waals surface area contributed by atoms with Crippen molar-refractivity contribution in [2.75, 3.05) is 0 Å². The Kier molecular flexibility index (Phi) is 10.7. The van der Waals surface area contributed by atoms with E-state index in [-0.39, 0.29) is 109 Å². The fourth-order valence-electron chi connectivity index (χ4n) is 10.1. The van der Waals surface area contributed by atoms with E-state index in [1.165, 1.54) is 0 Å². The van der Waals surface area contributed by atoms with E-state index in [4.69, 9.17) is 118 Å². The first-order valence-electron chi connectivity index (χ1n) is 20.7. The standard InChI is InChI=1S/C49H19B15N2/c50-29-25-26-30(51)34(55)38(59)41(62)47(26)66(46(25)40(61)37(58)33(29)54)48-32(53)28-27-31(52)35(56)36(57)39(60)44(27)65(45(28)42(63)43(48)64)24-18-10-17-23(19-24)49(20-11-4-1-5-12-20,21-13-6-2-7-14-21)22-15-8-3-9-16-22/h1-19H. The van der Waals surface area contributed by atoms with Gasteiger partial charge in [-0.3, -0.25) is 0 Å². The molecule has 30 radical (unpaired) electrons. The third-order valence-electron chi connectivity index (χ3n) is 13.2. The summed E-state index contributed by atoms with van der Waals surface area (Å²) < 4.78 is 3.43. The van der Waals surface area contributed by atoms with Gasteiger partial charge >= 0.3 is 0 Å². The highest BCUT2D eigenvalue weighted by Crippen LogP contribution is 2.46. The van der Waals surface area contributed by atoms with E-state index in [9.17, 15) is 0 Å². The van der Waals surface area contributed by atoms with Crippen molar-refractivity contribution in [3.63, 3.8) is 0 Å². The Morgan fingerprint density at radius 3 is 0.939 bits per heavy atom. The molecular weight excluding hydrogens is 779 g/mol. The van der Waals surface area contributed by atoms with Crippen LogP contribution >= 0.6 is 0 Å². The summed E-state index contributed by atoms with van der Waals surface area (Å²) in [6.45, 7) is 0. The van der Waals surface area contributed by atoms with E-state index in [1.54, 1.807) is 4.57 Å². The molecule has 270 valence electrons. The van der Waals surface area contributed by atoms with Crippen LogP contribution in [0.2, 0.25) is 0 Å². The Morgan fingerprint density at radius 2 is 0.561 bits per heavy atom. The largest absolute Gasteiger partial charge is 0.312 e. The Morgan fingerprint density at radius 1 is 0.258 bits per heavy atom. The summed E-state index contributed by atoms with van der Waals surface area (Å²) in [5.41, 5.74) is 5.58. The minimum absolute atomic E-state index is 0.00830. The van der Waals surface area contributed by atoms with E-state index >= 15 is 0 Å². The maximum atomic E-state index is 7.47. The molecule has 17 heteroatoms. The molecule has 2 aromatic heterocycles. The van der Waals surface area contributed by atoms with Crippen LogP contribution in [-0.4, -0.2) is 127 Å². The lowest BCUT2D eigenvalue weighted by Crippen LogP contribution is -2.49. The normalized spacial score (nSPS) is 11.9. The third kappa shape index (κ3) is 5.90. The van der Waals surface area contributed by atoms with Gasteiger partial charge in [0.2, 0.25) is 0 Å². The zero-order valence-electron chi connectivity index (χ0n) is 35.5. The maximum Gasteiger partial charge on any atom is 0.117 e. The molecular formula is C49H19B15N2. The van der Waals surface area contributed by atoms with Crippen LogP contribution in [0.15, 0.2) is 115 Å². The quantitative estimate of drug-likeness (QED) is 0.118. The van der Waals surface area contributed by atoms with E-state index < -0.39 is 5.41 Å². The molecule has 10 rings (SSSR count). The molecule has 0 aliphatic heterocycles. The lowest BCUT2D eigenvalue weighted by Gasteiger charge is -2.37. The SMILES string of the molecule is [B]c1c([B])c([B])c2c(c1[B])c1c([B])c(-n3c4c([B])c([B])c([B])c([B])c4c4c([B])c([B])c([B])c([B])c43)c([B])c([B])c1n2-c1cccc(C(c2ccccc2)(c2ccccc2)c2ccccc2)c1. The van der Waals surface area contributed by atoms with Crippen molar-refractivity contribution in [2.24, 2.45) is 0 Å². The Bertz CT molecular complexity index is 3520. The van der Waals surface area contributed by atoms with Gasteiger partial charge in [0.05, 0.1) is 5.41 Å². The molecule has 2 nitrogen and oxygen atoms in total. The van der Waals surface area contributed by atoms with Gasteiger partial charge in [-0.25, -0.2) is 0 Å². The molecule has 0 saturated carbocycles. The van der Waals surface area contributed by atoms with Crippen LogP contribution in [0, 0.1) is 0 Å². The van der Waals surface area contributed by atoms with Crippen LogP contribution in [-0.2, 0) is 5.41 Å². The predicted molar refractivity (Wildman–Crippen MR) is 294 cm³/mol. The lowest BCUT2D eigenvalue weighted by molar-refractivity contribution is 0.744. The topological polar surface area (TPSA) is 9.86 Å². The smallest absolute Gasteiger partial charge is 0.117 e. The number of benzene rings is 8. The van der Waals surface area contributed by atoms with Gasteiger partial charge in [0.25, 0.3) is 0 Å². The van der Waals surface area contributed by atoms with Crippen LogP contribution in [0.1, 0.15) is 22.3 Å². The second-order valence-electron chi connectivity index (χ2n) is 16.5. The van der Waals surface area contributed by atoms with Crippen LogP contribution < -0.4 is 81.9 Å². The Balaban J connectivity index is 1.39. The highest BCUT2D eigenvalue weighted by Gasteiger charge is 2.39. The third-order valence-corrected chi connectivity index (χ3v) is 13.2. The molecule has 0 saturated heterocycles. The monoisotopic (exact) mass is 800 g/mol. The molecule has 0 bridgehead atoms. The first kappa shape index (κ1) is 44.2. The molecule has 0 spiro atoms. The molecule has 2 heterocycles. The molecule has 0 aliphatic carbocycles. The number of hydrogen-bond donors (Lipinski definition) is 0. The highest BCUT2D eigenvalue weighted by atomic mass is 15.0. The average Bonchev–Trinajstić information content (AvgIpc) is 3.89. The number of rotatable bonds is 6. The second-order valence-corrected chi connectivity index (χ2v) is 16.5. The molecule has 0 fully saturated rings. The second kappa shape index (κ2) is 16.0. The summed E-state index contributed by atoms with van der Waals surface area (Å²) in [6, 6.07) is 38.9. The first-order valence-corrected chi connectivity index (χ1v) is 20.7. The summed E-state index contributed by atoms with van der Waals surface area (Å²) in [4.78, 5) is 0. The van der Waals surface area contributed by atoms with Crippen LogP contribution in [0.3, 0.4) is 0 Å². The van der Waals surface area contributed by atoms with Gasteiger partial charge < -0.3 is 9.13 Å². The van der Waals surface area contributed by atoms with E-state index in [0.29, 0.717) is 27.5 Å². The number of fused-ring (bicyclic) bond motifs is 6. The van der Waals surface area contributed by atoms with E-state index in [2.05, 4.69) is 48.5 Å². The van der Waals surface area contributed by atoms with Crippen LogP contribution in [0.4, 0.5) is 0 Å². The minimum atomic E-state index is -0.833. The van der Waals surface area contributed by atoms with Crippen molar-refractivity contribution in [2.45, 2.75) is 5.41 Å². The lowest BCUT2D eigenvalue weighted by atomic mass is 9.63. The average molecular weight is 798 g/mol. The van der Waals surface area contributed by atoms with E-state index in [1.807, 2.05) is 71.3 Å². The Labute approximate surface area is 404 Å². The molecule has 0 atom stereocenters. The van der Waals surface area contributed by atoms with Crippen LogP contribution in [0.5, 0.6) is 0 Å². The van der Waals surface area contributed by atoms with Gasteiger partial charge in [-0.1, -0.05) is 152 Å². The van der Waals surface area contributed by atoms with Gasteiger partial charge in [0.1, 0.15) is 118 Å². The van der Waals surface area contributed by atoms with E-state index in [0.717, 1.165) is 22.3 Å². The molecule has 0 aliphatic rings. The number of hydrogen-bond acceptors (Lipinski definition) is 0. The molecule has 66 heavy (non-hydrogen) atoms. The van der Waals surface area contributed by atoms with Gasteiger partial charge in [0.15, 0.2) is 0 Å². The fourth-order valence-corrected chi connectivity index (χ4v) is 10.1. The van der Waals surface area contributed by atoms with Crippen molar-refractivity contribution in [1.82, 2.24) is 9.13 Å². The molecule has 8 aromatic carbocycles. The first-order chi connectivity index (χ1) is 31.6. The maximum absolute atomic E-state index is 7.47. The molecule has 0 N–H and O–H groups in total. The summed E-state index contributed by atoms with van der Waals surface area (Å²) in [6.07, 6.45) is 0. The van der Waals surface area contributed by atoms with Crippen molar-refractivity contribution in [3.8, 4) is 11.4 Å². The van der Waals surface area contributed by atoms with Gasteiger partial charge in [-0.2, -0.15) is 0 Å². The summed E-state index contributed by atoms with van der Waals surface area (Å²) in [5, 5.41) is 1.23. The zero-order valence-corrected chi connectivity index (χ0v) is 35.5. The van der Waals surface area contributed by atoms with Crippen LogP contribution in [0.25, 0.3) is 55.0 Å². The fraction of sp³-hybridized carbons (Fsp3) is 0.0204. The van der Waals surface area contributed by atoms with Crippen molar-refractivity contribution < 1.29 is 0 Å². The predicted octanol–water partition coefficient (Wildman–Crippen LogP) is -5.83. The van der Waals surface area contributed by atoms with Crippen molar-refractivity contribution >= 4 is 243 Å². The van der Waals surface area contributed by atoms with Crippen molar-refractivity contribution in [1.29, 1.82) is 0 Å². The Hall–Kier alpha value is -5.67. The highest BCUT2D eigenvalue weighted by molar-refractivity contribution is 6.73. The summed E-state index contributed by atoms with van der Waals surface area (Å²) in [7, 11) is 102. The van der Waals surface area contributed by atoms with Gasteiger partial charge in [0, 0.05) is 38.8 Å². The number of aromatic nitrogens is 2.